The Hall–Kier alpha value is -4.37. The van der Waals surface area contributed by atoms with E-state index in [9.17, 15) is 19.0 Å². The van der Waals surface area contributed by atoms with E-state index in [4.69, 9.17) is 13.8 Å². The van der Waals surface area contributed by atoms with Crippen LogP contribution in [0, 0.1) is 0 Å². The standard InChI is InChI=1S/C81H137N2O7P/c1-7-10-13-16-19-22-25-28-30-32-34-36-38-40-41-43-44-46-48-50-52-55-58-61-64-67-70-73-80(84)82-78(77-89-91(86,87)88-76-75-83(4,5)6)79(72-69-66-63-60-57-54-27-24-21-18-15-12-9-3)90-81(85)74-71-68-65-62-59-56-53-51-49-47-45-42-39-37-35-33-31-29-26-23-20-17-14-11-8-2/h10-11,13-14,19-20,22-23,28-31,34-37,40-42,44-46,49,51,69,72,78-79H,7-9,12,15-18,21,24-27,32-33,38-39,43,47-48,50,52-68,70-71,73-77H2,1-6H3,(H-,82,84,86,87)/b13-10-,14-11-,22-19-,23-20-,30-28-,31-29-,36-34-,37-35-,41-40-,45-42-,46-44-,51-49-,72-69+. The minimum absolute atomic E-state index is 0.0353. The number of ether oxygens (including phenoxy) is 1. The van der Waals surface area contributed by atoms with E-state index in [0.29, 0.717) is 23.9 Å². The molecule has 0 aliphatic rings. The lowest BCUT2D eigenvalue weighted by atomic mass is 10.0. The number of allylic oxidation sites excluding steroid dienone is 25. The van der Waals surface area contributed by atoms with Crippen LogP contribution in [0.15, 0.2) is 158 Å². The van der Waals surface area contributed by atoms with Gasteiger partial charge in [0.05, 0.1) is 33.8 Å². The van der Waals surface area contributed by atoms with E-state index < -0.39 is 26.6 Å². The van der Waals surface area contributed by atoms with Gasteiger partial charge in [0.25, 0.3) is 7.82 Å². The number of carbonyl (C=O) groups excluding carboxylic acids is 2. The van der Waals surface area contributed by atoms with Gasteiger partial charge in [-0.25, -0.2) is 0 Å². The van der Waals surface area contributed by atoms with Crippen molar-refractivity contribution in [1.29, 1.82) is 0 Å². The van der Waals surface area contributed by atoms with Crippen molar-refractivity contribution in [2.24, 2.45) is 0 Å². The van der Waals surface area contributed by atoms with Gasteiger partial charge in [0.15, 0.2) is 0 Å². The maximum atomic E-state index is 13.6. The van der Waals surface area contributed by atoms with E-state index in [2.05, 4.69) is 172 Å². The summed E-state index contributed by atoms with van der Waals surface area (Å²) in [6.07, 6.45) is 101. The third-order valence-corrected chi connectivity index (χ3v) is 16.4. The van der Waals surface area contributed by atoms with Crippen molar-refractivity contribution in [3.05, 3.63) is 158 Å². The maximum absolute atomic E-state index is 13.6. The minimum Gasteiger partial charge on any atom is -0.756 e. The molecule has 0 fully saturated rings. The first-order chi connectivity index (χ1) is 44.4. The molecule has 0 aromatic heterocycles. The van der Waals surface area contributed by atoms with Crippen LogP contribution in [0.5, 0.6) is 0 Å². The number of esters is 1. The molecule has 0 aliphatic heterocycles. The number of carbonyl (C=O) groups is 2. The summed E-state index contributed by atoms with van der Waals surface area (Å²) in [6, 6.07) is -0.914. The second kappa shape index (κ2) is 68.5. The topological polar surface area (TPSA) is 114 Å². The number of phosphoric ester groups is 1. The van der Waals surface area contributed by atoms with Crippen LogP contribution in [0.2, 0.25) is 0 Å². The van der Waals surface area contributed by atoms with Crippen LogP contribution in [-0.4, -0.2) is 69.4 Å². The molecule has 0 saturated heterocycles. The summed E-state index contributed by atoms with van der Waals surface area (Å²) in [5.41, 5.74) is 0. The van der Waals surface area contributed by atoms with Crippen LogP contribution in [-0.2, 0) is 27.9 Å². The Labute approximate surface area is 560 Å². The van der Waals surface area contributed by atoms with Gasteiger partial charge in [-0.15, -0.1) is 0 Å². The van der Waals surface area contributed by atoms with Crippen molar-refractivity contribution in [3.63, 3.8) is 0 Å². The van der Waals surface area contributed by atoms with Crippen molar-refractivity contribution in [2.75, 3.05) is 40.9 Å². The number of nitrogens with one attached hydrogen (secondary N) is 1. The number of quaternary nitrogens is 1. The normalized spacial score (nSPS) is 14.4. The summed E-state index contributed by atoms with van der Waals surface area (Å²) >= 11 is 0. The summed E-state index contributed by atoms with van der Waals surface area (Å²) < 4.78 is 30.5. The van der Waals surface area contributed by atoms with E-state index in [1.165, 1.54) is 83.5 Å². The minimum atomic E-state index is -4.73. The van der Waals surface area contributed by atoms with Gasteiger partial charge in [-0.3, -0.25) is 14.2 Å². The first-order valence-corrected chi connectivity index (χ1v) is 38.3. The molecule has 3 unspecified atom stereocenters. The molecule has 1 N–H and O–H groups in total. The highest BCUT2D eigenvalue weighted by Gasteiger charge is 2.27. The van der Waals surface area contributed by atoms with Gasteiger partial charge in [0, 0.05) is 12.8 Å². The largest absolute Gasteiger partial charge is 0.756 e. The smallest absolute Gasteiger partial charge is 0.306 e. The highest BCUT2D eigenvalue weighted by molar-refractivity contribution is 7.45. The first-order valence-electron chi connectivity index (χ1n) is 36.8. The number of nitrogens with zero attached hydrogens (tertiary/aromatic N) is 1. The Morgan fingerprint density at radius 2 is 0.703 bits per heavy atom. The quantitative estimate of drug-likeness (QED) is 0.0212. The summed E-state index contributed by atoms with van der Waals surface area (Å²) in [5.74, 6) is -0.574. The molecule has 0 aromatic carbocycles. The number of hydrogen-bond donors (Lipinski definition) is 1. The molecule has 0 spiro atoms. The van der Waals surface area contributed by atoms with Gasteiger partial charge in [-0.2, -0.15) is 0 Å². The van der Waals surface area contributed by atoms with Gasteiger partial charge in [-0.05, 0) is 134 Å². The van der Waals surface area contributed by atoms with Crippen molar-refractivity contribution in [2.45, 2.75) is 303 Å². The van der Waals surface area contributed by atoms with Crippen LogP contribution in [0.1, 0.15) is 290 Å². The first kappa shape index (κ1) is 86.6. The third kappa shape index (κ3) is 69.8. The van der Waals surface area contributed by atoms with E-state index in [0.717, 1.165) is 167 Å². The summed E-state index contributed by atoms with van der Waals surface area (Å²) in [5, 5.41) is 3.04. The Morgan fingerprint density at radius 1 is 0.396 bits per heavy atom. The van der Waals surface area contributed by atoms with Crippen molar-refractivity contribution >= 4 is 19.7 Å². The zero-order chi connectivity index (χ0) is 66.3. The highest BCUT2D eigenvalue weighted by Crippen LogP contribution is 2.38. The van der Waals surface area contributed by atoms with E-state index in [-0.39, 0.29) is 24.9 Å². The lowest BCUT2D eigenvalue weighted by Crippen LogP contribution is -2.47. The molecule has 0 radical (unpaired) electrons. The molecule has 91 heavy (non-hydrogen) atoms. The van der Waals surface area contributed by atoms with Crippen molar-refractivity contribution < 1.29 is 37.3 Å². The van der Waals surface area contributed by atoms with Gasteiger partial charge in [0.1, 0.15) is 19.3 Å². The monoisotopic (exact) mass is 1280 g/mol. The van der Waals surface area contributed by atoms with Crippen LogP contribution in [0.4, 0.5) is 0 Å². The number of rotatable bonds is 65. The highest BCUT2D eigenvalue weighted by atomic mass is 31.2. The molecule has 0 bridgehead atoms. The average molecular weight is 1280 g/mol. The molecule has 10 heteroatoms. The van der Waals surface area contributed by atoms with E-state index in [1.807, 2.05) is 33.3 Å². The van der Waals surface area contributed by atoms with Crippen LogP contribution in [0.3, 0.4) is 0 Å². The van der Waals surface area contributed by atoms with Crippen LogP contribution >= 0.6 is 7.82 Å². The molecule has 0 saturated carbocycles. The second-order valence-corrected chi connectivity index (χ2v) is 26.7. The molecule has 0 aromatic rings. The van der Waals surface area contributed by atoms with Gasteiger partial charge < -0.3 is 28.5 Å². The number of phosphoric acid groups is 1. The Kier molecular flexibility index (Phi) is 65.2. The van der Waals surface area contributed by atoms with Crippen molar-refractivity contribution in [3.8, 4) is 0 Å². The van der Waals surface area contributed by atoms with E-state index >= 15 is 0 Å². The molecule has 0 aliphatic carbocycles. The molecular formula is C81H137N2O7P. The van der Waals surface area contributed by atoms with Gasteiger partial charge in [0.2, 0.25) is 5.91 Å². The lowest BCUT2D eigenvalue weighted by Gasteiger charge is -2.30. The van der Waals surface area contributed by atoms with Gasteiger partial charge >= 0.3 is 5.97 Å². The predicted molar refractivity (Wildman–Crippen MR) is 394 cm³/mol. The fourth-order valence-corrected chi connectivity index (χ4v) is 10.6. The molecule has 0 heterocycles. The number of amides is 1. The number of hydrogen-bond acceptors (Lipinski definition) is 7. The Bertz CT molecular complexity index is 2120. The third-order valence-electron chi connectivity index (χ3n) is 15.5. The molecular weight excluding hydrogens is 1140 g/mol. The molecule has 1 amide bonds. The fourth-order valence-electron chi connectivity index (χ4n) is 9.88. The summed E-state index contributed by atoms with van der Waals surface area (Å²) in [7, 11) is 1.15. The molecule has 518 valence electrons. The second-order valence-electron chi connectivity index (χ2n) is 25.3. The Morgan fingerprint density at radius 3 is 1.05 bits per heavy atom. The molecule has 0 rings (SSSR count). The van der Waals surface area contributed by atoms with Crippen molar-refractivity contribution in [1.82, 2.24) is 5.32 Å². The zero-order valence-electron chi connectivity index (χ0n) is 59.2. The Balaban J connectivity index is 5.15. The molecule has 9 nitrogen and oxygen atoms in total. The average Bonchev–Trinajstić information content (AvgIpc) is 3.45. The number of unbranched alkanes of at least 4 members (excludes halogenated alkanes) is 25. The van der Waals surface area contributed by atoms with E-state index in [1.54, 1.807) is 0 Å². The van der Waals surface area contributed by atoms with Crippen LogP contribution < -0.4 is 10.2 Å². The van der Waals surface area contributed by atoms with Crippen LogP contribution in [0.25, 0.3) is 0 Å². The number of likely N-dealkylation sites (N-methyl/N-ethyl adjacent to an activating group) is 1. The summed E-state index contributed by atoms with van der Waals surface area (Å²) in [6.45, 7) is 6.60. The summed E-state index contributed by atoms with van der Waals surface area (Å²) in [4.78, 5) is 40.3. The van der Waals surface area contributed by atoms with Gasteiger partial charge in [-0.1, -0.05) is 301 Å². The maximum Gasteiger partial charge on any atom is 0.306 e. The lowest BCUT2D eigenvalue weighted by molar-refractivity contribution is -0.870. The SMILES string of the molecule is CC/C=C\C/C=C\C/C=C\C/C=C\C/C=C\C/C=C\CCCCCCCCCCC(=O)NC(COP(=O)([O-])OCC[N+](C)(C)C)C(/C=C/CCCCCCCCCCCCC)OC(=O)CCCCCCCC/C=C\C/C=C\C/C=C\C/C=C\C/C=C\C/C=C\CC. The molecule has 3 atom stereocenters. The predicted octanol–water partition coefficient (Wildman–Crippen LogP) is 23.3. The fraction of sp³-hybridized carbons (Fsp3) is 0.654. The zero-order valence-corrected chi connectivity index (χ0v) is 60.1.